The zero-order chi connectivity index (χ0) is 19.7. The summed E-state index contributed by atoms with van der Waals surface area (Å²) < 4.78 is 7.09. The van der Waals surface area contributed by atoms with Gasteiger partial charge in [-0.2, -0.15) is 5.10 Å². The summed E-state index contributed by atoms with van der Waals surface area (Å²) in [5.74, 6) is 1.02. The topological polar surface area (TPSA) is 73.1 Å². The third-order valence-corrected chi connectivity index (χ3v) is 4.98. The average molecular weight is 377 g/mol. The number of nitrogens with zero attached hydrogens (tertiary/aromatic N) is 5. The number of aryl methyl sites for hydroxylation is 2. The lowest BCUT2D eigenvalue weighted by atomic mass is 9.99. The molecule has 7 heteroatoms. The maximum atomic E-state index is 13.3. The second kappa shape index (κ2) is 7.42. The van der Waals surface area contributed by atoms with E-state index in [1.165, 1.54) is 17.5 Å². The number of fused-ring (bicyclic) bond motifs is 1. The van der Waals surface area contributed by atoms with E-state index in [-0.39, 0.29) is 5.91 Å². The van der Waals surface area contributed by atoms with Crippen molar-refractivity contribution >= 4 is 11.6 Å². The number of benzene rings is 1. The Morgan fingerprint density at radius 1 is 1.21 bits per heavy atom. The Balaban J connectivity index is 1.67. The molecule has 0 fully saturated rings. The third-order valence-electron chi connectivity index (χ3n) is 4.98. The summed E-state index contributed by atoms with van der Waals surface area (Å²) in [6.07, 6.45) is 5.01. The van der Waals surface area contributed by atoms with Crippen LogP contribution in [0.25, 0.3) is 5.82 Å². The fraction of sp³-hybridized carbons (Fsp3) is 0.333. The van der Waals surface area contributed by atoms with Crippen LogP contribution in [0.15, 0.2) is 36.8 Å². The lowest BCUT2D eigenvalue weighted by Gasteiger charge is -2.29. The summed E-state index contributed by atoms with van der Waals surface area (Å²) in [5.41, 5.74) is 4.75. The smallest absolute Gasteiger partial charge is 0.261 e. The molecule has 1 aliphatic heterocycles. The van der Waals surface area contributed by atoms with Gasteiger partial charge in [0.15, 0.2) is 5.82 Å². The van der Waals surface area contributed by atoms with Crippen molar-refractivity contribution in [1.29, 1.82) is 0 Å². The first-order valence-corrected chi connectivity index (χ1v) is 9.49. The van der Waals surface area contributed by atoms with Crippen LogP contribution in [0.3, 0.4) is 0 Å². The monoisotopic (exact) mass is 377 g/mol. The summed E-state index contributed by atoms with van der Waals surface area (Å²) in [7, 11) is 0. The van der Waals surface area contributed by atoms with E-state index >= 15 is 0 Å². The molecule has 0 atom stereocenters. The number of carbonyl (C=O) groups is 1. The van der Waals surface area contributed by atoms with E-state index in [1.54, 1.807) is 16.9 Å². The molecule has 1 amide bonds. The summed E-state index contributed by atoms with van der Waals surface area (Å²) in [4.78, 5) is 23.5. The number of rotatable bonds is 4. The number of carbonyl (C=O) groups excluding carboxylic acids is 1. The van der Waals surface area contributed by atoms with Crippen LogP contribution in [0.4, 0.5) is 5.69 Å². The predicted octanol–water partition coefficient (Wildman–Crippen LogP) is 3.27. The summed E-state index contributed by atoms with van der Waals surface area (Å²) in [6, 6.07) is 7.98. The Kier molecular flexibility index (Phi) is 4.81. The summed E-state index contributed by atoms with van der Waals surface area (Å²) >= 11 is 0. The molecule has 0 spiro atoms. The van der Waals surface area contributed by atoms with Crippen molar-refractivity contribution in [2.75, 3.05) is 18.1 Å². The number of hydrogen-bond donors (Lipinski definition) is 0. The Bertz CT molecular complexity index is 1030. The van der Waals surface area contributed by atoms with Crippen molar-refractivity contribution in [2.24, 2.45) is 0 Å². The van der Waals surface area contributed by atoms with Crippen molar-refractivity contribution in [3.05, 3.63) is 59.2 Å². The lowest BCUT2D eigenvalue weighted by molar-refractivity contribution is 0.0984. The molecule has 4 rings (SSSR count). The number of anilines is 1. The number of amides is 1. The van der Waals surface area contributed by atoms with Crippen LogP contribution in [-0.4, -0.2) is 38.8 Å². The fourth-order valence-corrected chi connectivity index (χ4v) is 3.61. The Hall–Kier alpha value is -3.22. The molecular weight excluding hydrogens is 354 g/mol. The fourth-order valence-electron chi connectivity index (χ4n) is 3.61. The largest absolute Gasteiger partial charge is 0.478 e. The van der Waals surface area contributed by atoms with Gasteiger partial charge in [-0.25, -0.2) is 14.6 Å². The molecule has 0 bridgehead atoms. The van der Waals surface area contributed by atoms with E-state index in [1.807, 2.05) is 24.8 Å². The van der Waals surface area contributed by atoms with Gasteiger partial charge >= 0.3 is 0 Å². The van der Waals surface area contributed by atoms with Gasteiger partial charge in [0.1, 0.15) is 6.33 Å². The lowest BCUT2D eigenvalue weighted by Crippen LogP contribution is -2.35. The molecule has 0 N–H and O–H groups in total. The minimum atomic E-state index is -0.0346. The first-order chi connectivity index (χ1) is 13.6. The van der Waals surface area contributed by atoms with Gasteiger partial charge in [0, 0.05) is 18.3 Å². The van der Waals surface area contributed by atoms with Crippen LogP contribution in [-0.2, 0) is 6.42 Å². The van der Waals surface area contributed by atoms with Gasteiger partial charge in [-0.05, 0) is 45.2 Å². The van der Waals surface area contributed by atoms with Gasteiger partial charge in [-0.1, -0.05) is 17.7 Å². The molecule has 3 aromatic rings. The molecule has 0 radical (unpaired) electrons. The second-order valence-electron chi connectivity index (χ2n) is 6.90. The molecule has 7 nitrogen and oxygen atoms in total. The van der Waals surface area contributed by atoms with Gasteiger partial charge in [-0.15, -0.1) is 0 Å². The van der Waals surface area contributed by atoms with Crippen LogP contribution in [0, 0.1) is 13.8 Å². The van der Waals surface area contributed by atoms with E-state index in [0.717, 1.165) is 24.2 Å². The quantitative estimate of drug-likeness (QED) is 0.698. The van der Waals surface area contributed by atoms with Crippen molar-refractivity contribution in [3.8, 4) is 11.7 Å². The molecule has 0 saturated carbocycles. The second-order valence-corrected chi connectivity index (χ2v) is 6.90. The van der Waals surface area contributed by atoms with Gasteiger partial charge in [0.25, 0.3) is 5.91 Å². The number of ether oxygens (including phenoxy) is 1. The minimum absolute atomic E-state index is 0.0346. The predicted molar refractivity (Wildman–Crippen MR) is 106 cm³/mol. The van der Waals surface area contributed by atoms with Crippen LogP contribution in [0.1, 0.15) is 40.5 Å². The molecule has 0 aliphatic carbocycles. The Morgan fingerprint density at radius 2 is 2.07 bits per heavy atom. The van der Waals surface area contributed by atoms with Gasteiger partial charge < -0.3 is 9.64 Å². The molecule has 1 aromatic carbocycles. The van der Waals surface area contributed by atoms with E-state index in [9.17, 15) is 4.79 Å². The third kappa shape index (κ3) is 3.24. The SMILES string of the molecule is CCOc1cc(-n2ncc(C(=O)N3CCCc4cc(C)ccc43)c2C)ncn1. The zero-order valence-corrected chi connectivity index (χ0v) is 16.3. The normalized spacial score (nSPS) is 13.3. The highest BCUT2D eigenvalue weighted by molar-refractivity contribution is 6.07. The first kappa shape index (κ1) is 18.2. The molecule has 2 aromatic heterocycles. The minimum Gasteiger partial charge on any atom is -0.478 e. The maximum absolute atomic E-state index is 13.3. The van der Waals surface area contributed by atoms with Crippen LogP contribution in [0.2, 0.25) is 0 Å². The summed E-state index contributed by atoms with van der Waals surface area (Å²) in [5, 5.41) is 4.40. The van der Waals surface area contributed by atoms with Crippen LogP contribution in [0.5, 0.6) is 5.88 Å². The molecule has 28 heavy (non-hydrogen) atoms. The first-order valence-electron chi connectivity index (χ1n) is 9.49. The summed E-state index contributed by atoms with van der Waals surface area (Å²) in [6.45, 7) is 7.08. The van der Waals surface area contributed by atoms with E-state index in [2.05, 4.69) is 34.1 Å². The Morgan fingerprint density at radius 3 is 2.89 bits per heavy atom. The molecule has 1 aliphatic rings. The van der Waals surface area contributed by atoms with Gasteiger partial charge in [0.2, 0.25) is 5.88 Å². The molecule has 3 heterocycles. The standard InChI is InChI=1S/C21H23N5O2/c1-4-28-20-11-19(22-13-23-20)26-15(3)17(12-24-26)21(27)25-9-5-6-16-10-14(2)7-8-18(16)25/h7-8,10-13H,4-6,9H2,1-3H3. The van der Waals surface area contributed by atoms with E-state index in [0.29, 0.717) is 30.4 Å². The zero-order valence-electron chi connectivity index (χ0n) is 16.3. The highest BCUT2D eigenvalue weighted by Gasteiger charge is 2.26. The van der Waals surface area contributed by atoms with Crippen molar-refractivity contribution in [3.63, 3.8) is 0 Å². The molecule has 0 unspecified atom stereocenters. The Labute approximate surface area is 164 Å². The van der Waals surface area contributed by atoms with E-state index in [4.69, 9.17) is 4.74 Å². The van der Waals surface area contributed by atoms with E-state index < -0.39 is 0 Å². The van der Waals surface area contributed by atoms with Crippen LogP contribution >= 0.6 is 0 Å². The van der Waals surface area contributed by atoms with Gasteiger partial charge in [-0.3, -0.25) is 4.79 Å². The van der Waals surface area contributed by atoms with Crippen molar-refractivity contribution in [1.82, 2.24) is 19.7 Å². The van der Waals surface area contributed by atoms with Crippen LogP contribution < -0.4 is 9.64 Å². The number of aromatic nitrogens is 4. The van der Waals surface area contributed by atoms with Crippen molar-refractivity contribution < 1.29 is 9.53 Å². The highest BCUT2D eigenvalue weighted by Crippen LogP contribution is 2.30. The van der Waals surface area contributed by atoms with Crippen molar-refractivity contribution in [2.45, 2.75) is 33.6 Å². The molecule has 0 saturated heterocycles. The van der Waals surface area contributed by atoms with Gasteiger partial charge in [0.05, 0.1) is 24.1 Å². The average Bonchev–Trinajstić information content (AvgIpc) is 3.08. The number of hydrogen-bond acceptors (Lipinski definition) is 5. The maximum Gasteiger partial charge on any atom is 0.261 e. The highest BCUT2D eigenvalue weighted by atomic mass is 16.5. The molecule has 144 valence electrons. The molecular formula is C21H23N5O2.